The summed E-state index contributed by atoms with van der Waals surface area (Å²) in [5.41, 5.74) is 1.84. The number of amides is 1. The van der Waals surface area contributed by atoms with Gasteiger partial charge in [0.15, 0.2) is 11.5 Å². The van der Waals surface area contributed by atoms with Gasteiger partial charge in [-0.05, 0) is 25.0 Å². The van der Waals surface area contributed by atoms with Crippen molar-refractivity contribution in [2.75, 3.05) is 26.1 Å². The summed E-state index contributed by atoms with van der Waals surface area (Å²) in [6.45, 7) is 5.21. The van der Waals surface area contributed by atoms with Gasteiger partial charge in [0.25, 0.3) is 5.91 Å². The molecular formula is C21H26N4O3S. The van der Waals surface area contributed by atoms with E-state index in [1.807, 2.05) is 25.1 Å². The van der Waals surface area contributed by atoms with Crippen LogP contribution in [0.2, 0.25) is 0 Å². The smallest absolute Gasteiger partial charge is 0.261 e. The number of ether oxygens (including phenoxy) is 2. The van der Waals surface area contributed by atoms with Gasteiger partial charge in [0, 0.05) is 18.7 Å². The molecule has 0 aliphatic heterocycles. The predicted molar refractivity (Wildman–Crippen MR) is 116 cm³/mol. The van der Waals surface area contributed by atoms with Gasteiger partial charge in [-0.25, -0.2) is 9.97 Å². The third-order valence-electron chi connectivity index (χ3n) is 4.68. The first-order valence-corrected chi connectivity index (χ1v) is 10.4. The molecule has 154 valence electrons. The van der Waals surface area contributed by atoms with Crippen LogP contribution < -0.4 is 20.1 Å². The van der Waals surface area contributed by atoms with Crippen LogP contribution in [0.4, 0.5) is 5.82 Å². The molecule has 29 heavy (non-hydrogen) atoms. The van der Waals surface area contributed by atoms with Crippen molar-refractivity contribution in [2.45, 2.75) is 33.2 Å². The number of nitrogens with zero attached hydrogens (tertiary/aromatic N) is 2. The molecule has 7 nitrogen and oxygen atoms in total. The van der Waals surface area contributed by atoms with Crippen LogP contribution in [0.25, 0.3) is 10.2 Å². The number of nitrogens with one attached hydrogen (secondary N) is 2. The van der Waals surface area contributed by atoms with Crippen LogP contribution in [-0.2, 0) is 6.54 Å². The van der Waals surface area contributed by atoms with Crippen LogP contribution in [0, 0.1) is 6.92 Å². The third-order valence-corrected chi connectivity index (χ3v) is 5.88. The first kappa shape index (κ1) is 20.9. The second kappa shape index (κ2) is 9.56. The van der Waals surface area contributed by atoms with Gasteiger partial charge >= 0.3 is 0 Å². The van der Waals surface area contributed by atoms with Gasteiger partial charge in [-0.1, -0.05) is 25.5 Å². The topological polar surface area (TPSA) is 85.4 Å². The number of rotatable bonds is 9. The molecule has 1 amide bonds. The zero-order chi connectivity index (χ0) is 20.8. The Bertz CT molecular complexity index is 1000. The molecule has 0 radical (unpaired) electrons. The maximum Gasteiger partial charge on any atom is 0.261 e. The summed E-state index contributed by atoms with van der Waals surface area (Å²) in [6, 6.07) is 5.75. The Morgan fingerprint density at radius 1 is 1.21 bits per heavy atom. The molecule has 0 aliphatic carbocycles. The molecule has 0 atom stereocenters. The Labute approximate surface area is 174 Å². The van der Waals surface area contributed by atoms with E-state index in [1.54, 1.807) is 14.2 Å². The van der Waals surface area contributed by atoms with Crippen molar-refractivity contribution in [1.29, 1.82) is 0 Å². The van der Waals surface area contributed by atoms with Crippen molar-refractivity contribution < 1.29 is 14.3 Å². The highest BCUT2D eigenvalue weighted by Gasteiger charge is 2.19. The summed E-state index contributed by atoms with van der Waals surface area (Å²) < 4.78 is 10.9. The maximum absolute atomic E-state index is 12.6. The summed E-state index contributed by atoms with van der Waals surface area (Å²) in [4.78, 5) is 22.8. The average molecular weight is 415 g/mol. The molecule has 0 bridgehead atoms. The molecule has 0 saturated carbocycles. The number of thiophene rings is 1. The van der Waals surface area contributed by atoms with Crippen molar-refractivity contribution in [2.24, 2.45) is 0 Å². The number of hydrogen-bond acceptors (Lipinski definition) is 7. The zero-order valence-electron chi connectivity index (χ0n) is 17.2. The highest BCUT2D eigenvalue weighted by Crippen LogP contribution is 2.35. The summed E-state index contributed by atoms with van der Waals surface area (Å²) in [5, 5.41) is 7.22. The lowest BCUT2D eigenvalue weighted by molar-refractivity contribution is 0.0956. The summed E-state index contributed by atoms with van der Waals surface area (Å²) in [6.07, 6.45) is 3.52. The second-order valence-corrected chi connectivity index (χ2v) is 7.57. The molecule has 0 aliphatic rings. The fourth-order valence-corrected chi connectivity index (χ4v) is 4.22. The van der Waals surface area contributed by atoms with E-state index >= 15 is 0 Å². The van der Waals surface area contributed by atoms with E-state index in [-0.39, 0.29) is 5.91 Å². The lowest BCUT2D eigenvalue weighted by atomic mass is 10.1. The van der Waals surface area contributed by atoms with E-state index in [0.29, 0.717) is 35.3 Å². The summed E-state index contributed by atoms with van der Waals surface area (Å²) in [5.74, 6) is 2.00. The van der Waals surface area contributed by atoms with Crippen LogP contribution in [0.3, 0.4) is 0 Å². The summed E-state index contributed by atoms with van der Waals surface area (Å²) >= 11 is 1.39. The molecule has 3 rings (SSSR count). The van der Waals surface area contributed by atoms with Crippen LogP contribution in [-0.4, -0.2) is 36.6 Å². The fraction of sp³-hybridized carbons (Fsp3) is 0.381. The van der Waals surface area contributed by atoms with Gasteiger partial charge < -0.3 is 20.1 Å². The van der Waals surface area contributed by atoms with Crippen LogP contribution in [0.15, 0.2) is 24.5 Å². The molecule has 8 heteroatoms. The molecule has 0 fully saturated rings. The molecule has 3 aromatic rings. The molecular weight excluding hydrogens is 388 g/mol. The number of benzene rings is 1. The Morgan fingerprint density at radius 3 is 2.76 bits per heavy atom. The van der Waals surface area contributed by atoms with Gasteiger partial charge in [0.05, 0.1) is 24.5 Å². The number of aromatic nitrogens is 2. The lowest BCUT2D eigenvalue weighted by Crippen LogP contribution is -2.23. The molecule has 0 saturated heterocycles. The molecule has 1 aromatic carbocycles. The number of para-hydroxylation sites is 1. The quantitative estimate of drug-likeness (QED) is 0.512. The van der Waals surface area contributed by atoms with Gasteiger partial charge in [-0.15, -0.1) is 11.3 Å². The first-order chi connectivity index (χ1) is 14.1. The van der Waals surface area contributed by atoms with Crippen LogP contribution in [0.5, 0.6) is 11.5 Å². The normalized spacial score (nSPS) is 10.8. The average Bonchev–Trinajstić information content (AvgIpc) is 3.09. The van der Waals surface area contributed by atoms with Gasteiger partial charge in [-0.2, -0.15) is 0 Å². The number of carbonyl (C=O) groups excluding carboxylic acids is 1. The van der Waals surface area contributed by atoms with E-state index in [2.05, 4.69) is 27.5 Å². The molecule has 0 unspecified atom stereocenters. The van der Waals surface area contributed by atoms with Crippen molar-refractivity contribution in [3.05, 3.63) is 40.5 Å². The number of aryl methyl sites for hydroxylation is 1. The predicted octanol–water partition coefficient (Wildman–Crippen LogP) is 4.16. The first-order valence-electron chi connectivity index (χ1n) is 9.56. The highest BCUT2D eigenvalue weighted by atomic mass is 32.1. The van der Waals surface area contributed by atoms with Crippen LogP contribution in [0.1, 0.15) is 40.6 Å². The van der Waals surface area contributed by atoms with Crippen molar-refractivity contribution in [1.82, 2.24) is 15.3 Å². The minimum Gasteiger partial charge on any atom is -0.493 e. The Hall–Kier alpha value is -2.87. The lowest BCUT2D eigenvalue weighted by Gasteiger charge is -2.13. The Kier molecular flexibility index (Phi) is 6.87. The molecule has 2 aromatic heterocycles. The second-order valence-electron chi connectivity index (χ2n) is 6.57. The minimum atomic E-state index is -0.0561. The number of methoxy groups -OCH3 is 2. The van der Waals surface area contributed by atoms with E-state index in [4.69, 9.17) is 9.47 Å². The SMILES string of the molecule is CCCCNC(=O)c1sc2ncnc(NCc3cccc(OC)c3OC)c2c1C. The van der Waals surface area contributed by atoms with Gasteiger partial charge in [0.2, 0.25) is 0 Å². The van der Waals surface area contributed by atoms with Crippen molar-refractivity contribution >= 4 is 33.3 Å². The number of unbranched alkanes of at least 4 members (excludes halogenated alkanes) is 1. The van der Waals surface area contributed by atoms with E-state index < -0.39 is 0 Å². The van der Waals surface area contributed by atoms with Crippen molar-refractivity contribution in [3.8, 4) is 11.5 Å². The van der Waals surface area contributed by atoms with E-state index in [0.717, 1.165) is 34.2 Å². The molecule has 0 spiro atoms. The largest absolute Gasteiger partial charge is 0.493 e. The standard InChI is InChI=1S/C21H26N4O3S/c1-5-6-10-22-20(26)18-13(2)16-19(24-12-25-21(16)29-18)23-11-14-8-7-9-15(27-3)17(14)28-4/h7-9,12H,5-6,10-11H2,1-4H3,(H,22,26)(H,23,24,25). The monoisotopic (exact) mass is 414 g/mol. The highest BCUT2D eigenvalue weighted by molar-refractivity contribution is 7.20. The number of fused-ring (bicyclic) bond motifs is 1. The van der Waals surface area contributed by atoms with Crippen molar-refractivity contribution in [3.63, 3.8) is 0 Å². The molecule has 2 heterocycles. The van der Waals surface area contributed by atoms with Gasteiger partial charge in [-0.3, -0.25) is 4.79 Å². The van der Waals surface area contributed by atoms with E-state index in [1.165, 1.54) is 17.7 Å². The minimum absolute atomic E-state index is 0.0561. The van der Waals surface area contributed by atoms with Gasteiger partial charge in [0.1, 0.15) is 17.0 Å². The zero-order valence-corrected chi connectivity index (χ0v) is 18.0. The molecule has 2 N–H and O–H groups in total. The fourth-order valence-electron chi connectivity index (χ4n) is 3.15. The Morgan fingerprint density at radius 2 is 2.03 bits per heavy atom. The number of carbonyl (C=O) groups is 1. The van der Waals surface area contributed by atoms with Crippen LogP contribution >= 0.6 is 11.3 Å². The Balaban J connectivity index is 1.87. The number of anilines is 1. The number of hydrogen-bond donors (Lipinski definition) is 2. The van der Waals surface area contributed by atoms with E-state index in [9.17, 15) is 4.79 Å². The third kappa shape index (κ3) is 4.42. The maximum atomic E-state index is 12.6. The summed E-state index contributed by atoms with van der Waals surface area (Å²) in [7, 11) is 3.24.